The molecular formula is C22H25F3NO4S5-. The van der Waals surface area contributed by atoms with Crippen molar-refractivity contribution < 1.29 is 30.0 Å². The first-order valence-corrected chi connectivity index (χ1v) is 15.6. The molecule has 0 aliphatic carbocycles. The van der Waals surface area contributed by atoms with Crippen LogP contribution < -0.4 is 0 Å². The smallest absolute Gasteiger partial charge is 0.424 e. The molecule has 0 saturated heterocycles. The number of nitrogens with zero attached hydrogens (tertiary/aromatic N) is 1. The molecule has 0 N–H and O–H groups in total. The largest absolute Gasteiger partial charge is 0.480 e. The first-order valence-electron chi connectivity index (χ1n) is 10.3. The van der Waals surface area contributed by atoms with Crippen LogP contribution in [0.3, 0.4) is 0 Å². The normalized spacial score (nSPS) is 14.0. The van der Waals surface area contributed by atoms with Crippen LogP contribution in [-0.2, 0) is 25.5 Å². The number of rotatable bonds is 10. The SMILES string of the molecule is CCSC(=S)SCC(CC(C)(C)c1ccc(S(=O)(=O)[N-]S(=O)(=O)C(F)(F)F)cc1)c1ccccc1. The van der Waals surface area contributed by atoms with E-state index < -0.39 is 35.9 Å². The highest BCUT2D eigenvalue weighted by Crippen LogP contribution is 2.38. The number of alkyl halides is 3. The fourth-order valence-corrected chi connectivity index (χ4v) is 7.88. The molecule has 194 valence electrons. The topological polar surface area (TPSA) is 82.4 Å². The zero-order chi connectivity index (χ0) is 26.5. The lowest BCUT2D eigenvalue weighted by molar-refractivity contribution is -0.0425. The van der Waals surface area contributed by atoms with Crippen LogP contribution in [0.15, 0.2) is 59.5 Å². The summed E-state index contributed by atoms with van der Waals surface area (Å²) in [5, 5.41) is 0. The van der Waals surface area contributed by atoms with Gasteiger partial charge in [0.15, 0.2) is 10.0 Å². The summed E-state index contributed by atoms with van der Waals surface area (Å²) < 4.78 is 87.4. The molecule has 0 bridgehead atoms. The molecule has 1 atom stereocenters. The maximum atomic E-state index is 12.6. The third-order valence-corrected chi connectivity index (χ3v) is 10.9. The van der Waals surface area contributed by atoms with Gasteiger partial charge >= 0.3 is 5.51 Å². The van der Waals surface area contributed by atoms with Crippen molar-refractivity contribution in [1.82, 2.24) is 0 Å². The van der Waals surface area contributed by atoms with E-state index in [0.29, 0.717) is 6.42 Å². The van der Waals surface area contributed by atoms with E-state index in [1.54, 1.807) is 23.5 Å². The van der Waals surface area contributed by atoms with Gasteiger partial charge in [-0.25, -0.2) is 16.8 Å². The van der Waals surface area contributed by atoms with Gasteiger partial charge < -0.3 is 4.13 Å². The predicted molar refractivity (Wildman–Crippen MR) is 142 cm³/mol. The zero-order valence-electron chi connectivity index (χ0n) is 19.2. The van der Waals surface area contributed by atoms with E-state index in [4.69, 9.17) is 12.2 Å². The van der Waals surface area contributed by atoms with Gasteiger partial charge in [-0.05, 0) is 46.8 Å². The van der Waals surface area contributed by atoms with Crippen LogP contribution in [0, 0.1) is 0 Å². The third kappa shape index (κ3) is 8.46. The Balaban J connectivity index is 2.26. The number of sulfonamides is 2. The van der Waals surface area contributed by atoms with Crippen molar-refractivity contribution in [3.8, 4) is 0 Å². The summed E-state index contributed by atoms with van der Waals surface area (Å²) in [7, 11) is -11.2. The van der Waals surface area contributed by atoms with Gasteiger partial charge in [0.1, 0.15) is 13.6 Å². The minimum atomic E-state index is -6.18. The van der Waals surface area contributed by atoms with Crippen molar-refractivity contribution >= 4 is 59.3 Å². The first kappa shape index (κ1) is 30.1. The summed E-state index contributed by atoms with van der Waals surface area (Å²) in [4.78, 5) is -0.637. The van der Waals surface area contributed by atoms with Crippen LogP contribution in [0.4, 0.5) is 13.2 Å². The van der Waals surface area contributed by atoms with Crippen LogP contribution >= 0.6 is 35.7 Å². The van der Waals surface area contributed by atoms with E-state index in [1.807, 2.05) is 51.1 Å². The molecule has 0 saturated carbocycles. The Morgan fingerprint density at radius 3 is 2.06 bits per heavy atom. The van der Waals surface area contributed by atoms with Crippen LogP contribution in [0.25, 0.3) is 4.13 Å². The maximum absolute atomic E-state index is 12.6. The van der Waals surface area contributed by atoms with Gasteiger partial charge in [0, 0.05) is 10.6 Å². The molecule has 1 unspecified atom stereocenters. The fraction of sp³-hybridized carbons (Fsp3) is 0.409. The Kier molecular flexibility index (Phi) is 10.3. The summed E-state index contributed by atoms with van der Waals surface area (Å²) in [6, 6.07) is 15.0. The van der Waals surface area contributed by atoms with Gasteiger partial charge in [0.25, 0.3) is 0 Å². The van der Waals surface area contributed by atoms with Gasteiger partial charge in [0.2, 0.25) is 0 Å². The van der Waals surface area contributed by atoms with Gasteiger partial charge in [0.05, 0.1) is 0 Å². The van der Waals surface area contributed by atoms with Gasteiger partial charge in [-0.3, -0.25) is 0 Å². The lowest BCUT2D eigenvalue weighted by Gasteiger charge is -2.31. The average Bonchev–Trinajstić information content (AvgIpc) is 2.76. The minimum Gasteiger partial charge on any atom is -0.424 e. The zero-order valence-corrected chi connectivity index (χ0v) is 23.2. The van der Waals surface area contributed by atoms with Crippen molar-refractivity contribution in [2.75, 3.05) is 11.5 Å². The summed E-state index contributed by atoms with van der Waals surface area (Å²) in [5.41, 5.74) is -4.37. The molecule has 2 rings (SSSR count). The summed E-state index contributed by atoms with van der Waals surface area (Å²) in [6.07, 6.45) is 0.683. The molecule has 0 amide bonds. The van der Waals surface area contributed by atoms with Gasteiger partial charge in [-0.2, -0.15) is 13.2 Å². The van der Waals surface area contributed by atoms with E-state index >= 15 is 0 Å². The molecule has 0 spiro atoms. The quantitative estimate of drug-likeness (QED) is 0.283. The van der Waals surface area contributed by atoms with Crippen molar-refractivity contribution in [3.63, 3.8) is 0 Å². The lowest BCUT2D eigenvalue weighted by atomic mass is 9.76. The molecule has 2 aromatic rings. The van der Waals surface area contributed by atoms with Crippen molar-refractivity contribution in [1.29, 1.82) is 0 Å². The number of hydrogen-bond donors (Lipinski definition) is 0. The molecule has 13 heteroatoms. The Morgan fingerprint density at radius 1 is 0.971 bits per heavy atom. The van der Waals surface area contributed by atoms with Crippen molar-refractivity contribution in [3.05, 3.63) is 69.9 Å². The number of thioether (sulfide) groups is 2. The lowest BCUT2D eigenvalue weighted by Crippen LogP contribution is -2.24. The second-order valence-corrected chi connectivity index (χ2v) is 15.1. The van der Waals surface area contributed by atoms with Gasteiger partial charge in [-0.1, -0.05) is 75.5 Å². The molecule has 0 aromatic heterocycles. The van der Waals surface area contributed by atoms with Crippen LogP contribution in [0.5, 0.6) is 0 Å². The maximum Gasteiger partial charge on any atom is 0.480 e. The van der Waals surface area contributed by atoms with Crippen molar-refractivity contribution in [2.24, 2.45) is 0 Å². The Labute approximate surface area is 218 Å². The minimum absolute atomic E-state index is 0.127. The molecule has 35 heavy (non-hydrogen) atoms. The molecular weight excluding hydrogens is 560 g/mol. The highest BCUT2D eigenvalue weighted by atomic mass is 32.3. The monoisotopic (exact) mass is 584 g/mol. The molecule has 0 radical (unpaired) electrons. The molecule has 0 fully saturated rings. The van der Waals surface area contributed by atoms with E-state index in [2.05, 4.69) is 4.13 Å². The van der Waals surface area contributed by atoms with Crippen LogP contribution in [-0.4, -0.2) is 37.4 Å². The Bertz CT molecular complexity index is 1210. The van der Waals surface area contributed by atoms with E-state index in [-0.39, 0.29) is 5.92 Å². The molecule has 0 aliphatic heterocycles. The second kappa shape index (κ2) is 12.0. The van der Waals surface area contributed by atoms with E-state index in [1.165, 1.54) is 12.1 Å². The fourth-order valence-electron chi connectivity index (χ4n) is 3.35. The number of thiocarbonyl (C=S) groups is 1. The first-order chi connectivity index (χ1) is 16.1. The summed E-state index contributed by atoms with van der Waals surface area (Å²) in [6.45, 7) is 5.99. The highest BCUT2D eigenvalue weighted by Gasteiger charge is 2.40. The van der Waals surface area contributed by atoms with Gasteiger partial charge in [-0.15, -0.1) is 23.5 Å². The predicted octanol–water partition coefficient (Wildman–Crippen LogP) is 6.82. The molecule has 0 aliphatic rings. The summed E-state index contributed by atoms with van der Waals surface area (Å²) in [5.74, 6) is 1.76. The third-order valence-electron chi connectivity index (χ3n) is 5.11. The molecule has 2 aromatic carbocycles. The average molecular weight is 585 g/mol. The van der Waals surface area contributed by atoms with Crippen molar-refractivity contribution in [2.45, 2.75) is 48.9 Å². The number of hydrogen-bond acceptors (Lipinski definition) is 7. The molecule has 0 heterocycles. The number of halogens is 3. The standard InChI is InChI=1S/C22H25F3NO4S5/c1-4-32-20(31)33-15-17(16-8-6-5-7-9-16)14-21(2,3)18-10-12-19(13-11-18)34(27,28)26-35(29,30)22(23,24)25/h5-13,17H,4,14-15H2,1-3H3/q-1. The summed E-state index contributed by atoms with van der Waals surface area (Å²) >= 11 is 8.63. The molecule has 5 nitrogen and oxygen atoms in total. The Morgan fingerprint density at radius 2 is 1.54 bits per heavy atom. The second-order valence-electron chi connectivity index (χ2n) is 8.18. The van der Waals surface area contributed by atoms with E-state index in [0.717, 1.165) is 38.3 Å². The van der Waals surface area contributed by atoms with E-state index in [9.17, 15) is 30.0 Å². The van der Waals surface area contributed by atoms with Crippen LogP contribution in [0.2, 0.25) is 0 Å². The van der Waals surface area contributed by atoms with Crippen LogP contribution in [0.1, 0.15) is 44.2 Å². The highest BCUT2D eigenvalue weighted by molar-refractivity contribution is 8.47. The Hall–Kier alpha value is -1.12. The number of benzene rings is 2.